The van der Waals surface area contributed by atoms with Crippen LogP contribution in [-0.2, 0) is 22.4 Å². The van der Waals surface area contributed by atoms with Gasteiger partial charge in [-0.15, -0.1) is 11.3 Å². The average Bonchev–Trinajstić information content (AvgIpc) is 3.06. The van der Waals surface area contributed by atoms with Crippen molar-refractivity contribution in [2.45, 2.75) is 76.4 Å². The molecule has 1 atom stereocenters. The number of rotatable bonds is 4. The summed E-state index contributed by atoms with van der Waals surface area (Å²) < 4.78 is 5.36. The Balaban J connectivity index is 1.60. The van der Waals surface area contributed by atoms with Gasteiger partial charge in [-0.25, -0.2) is 4.79 Å². The molecule has 134 valence electrons. The van der Waals surface area contributed by atoms with Crippen molar-refractivity contribution in [3.8, 4) is 6.07 Å². The fraction of sp³-hybridized carbons (Fsp3) is 0.632. The van der Waals surface area contributed by atoms with E-state index in [9.17, 15) is 14.9 Å². The van der Waals surface area contributed by atoms with Crippen molar-refractivity contribution >= 4 is 23.2 Å². The molecule has 0 unspecified atom stereocenters. The van der Waals surface area contributed by atoms with Gasteiger partial charge in [-0.2, -0.15) is 5.26 Å². The molecule has 1 aromatic rings. The zero-order valence-electron chi connectivity index (χ0n) is 14.6. The van der Waals surface area contributed by atoms with Gasteiger partial charge < -0.3 is 10.1 Å². The standard InChI is InChI=1S/C19H24N2O3S/c1-13(17(22)21-19(12-20)9-5-2-6-10-19)24-18(23)16-11-14-7-3-4-8-15(14)25-16/h11,13H,2-10H2,1H3,(H,21,22)/t13-/m0/s1. The number of nitriles is 1. The van der Waals surface area contributed by atoms with Gasteiger partial charge in [-0.05, 0) is 57.1 Å². The number of fused-ring (bicyclic) bond motifs is 1. The molecule has 6 heteroatoms. The zero-order valence-corrected chi connectivity index (χ0v) is 15.4. The van der Waals surface area contributed by atoms with Crippen LogP contribution in [0, 0.1) is 11.3 Å². The second-order valence-corrected chi connectivity index (χ2v) is 8.19. The maximum Gasteiger partial charge on any atom is 0.349 e. The first kappa shape index (κ1) is 17.9. The number of hydrogen-bond donors (Lipinski definition) is 1. The van der Waals surface area contributed by atoms with E-state index in [4.69, 9.17) is 4.74 Å². The molecule has 1 fully saturated rings. The van der Waals surface area contributed by atoms with Crippen LogP contribution in [0.2, 0.25) is 0 Å². The highest BCUT2D eigenvalue weighted by Gasteiger charge is 2.35. The van der Waals surface area contributed by atoms with Crippen LogP contribution in [0.25, 0.3) is 0 Å². The summed E-state index contributed by atoms with van der Waals surface area (Å²) in [4.78, 5) is 26.6. The molecule has 2 aliphatic rings. The summed E-state index contributed by atoms with van der Waals surface area (Å²) in [6.45, 7) is 1.56. The van der Waals surface area contributed by atoms with Crippen LogP contribution in [-0.4, -0.2) is 23.5 Å². The predicted molar refractivity (Wildman–Crippen MR) is 95.4 cm³/mol. The van der Waals surface area contributed by atoms with E-state index >= 15 is 0 Å². The second-order valence-electron chi connectivity index (χ2n) is 7.06. The number of carbonyl (C=O) groups is 2. The molecule has 0 bridgehead atoms. The van der Waals surface area contributed by atoms with Crippen molar-refractivity contribution in [3.05, 3.63) is 21.4 Å². The second kappa shape index (κ2) is 7.57. The van der Waals surface area contributed by atoms with Crippen LogP contribution < -0.4 is 5.32 Å². The molecule has 0 spiro atoms. The van der Waals surface area contributed by atoms with Crippen molar-refractivity contribution in [1.82, 2.24) is 5.32 Å². The molecule has 1 saturated carbocycles. The van der Waals surface area contributed by atoms with Crippen molar-refractivity contribution in [3.63, 3.8) is 0 Å². The summed E-state index contributed by atoms with van der Waals surface area (Å²) in [7, 11) is 0. The molecule has 0 aromatic carbocycles. The number of amides is 1. The lowest BCUT2D eigenvalue weighted by Gasteiger charge is -2.32. The van der Waals surface area contributed by atoms with Crippen LogP contribution >= 0.6 is 11.3 Å². The van der Waals surface area contributed by atoms with Gasteiger partial charge in [-0.3, -0.25) is 4.79 Å². The lowest BCUT2D eigenvalue weighted by molar-refractivity contribution is -0.130. The van der Waals surface area contributed by atoms with Crippen molar-refractivity contribution in [1.29, 1.82) is 5.26 Å². The highest BCUT2D eigenvalue weighted by atomic mass is 32.1. The molecule has 1 aromatic heterocycles. The minimum Gasteiger partial charge on any atom is -0.448 e. The first-order valence-corrected chi connectivity index (χ1v) is 9.90. The van der Waals surface area contributed by atoms with Crippen LogP contribution in [0.1, 0.15) is 72.0 Å². The smallest absolute Gasteiger partial charge is 0.349 e. The molecule has 1 N–H and O–H groups in total. The molecule has 3 rings (SSSR count). The molecular formula is C19H24N2O3S. The van der Waals surface area contributed by atoms with Gasteiger partial charge in [0, 0.05) is 4.88 Å². The van der Waals surface area contributed by atoms with E-state index in [2.05, 4.69) is 11.4 Å². The highest BCUT2D eigenvalue weighted by Crippen LogP contribution is 2.30. The van der Waals surface area contributed by atoms with Crippen LogP contribution in [0.4, 0.5) is 0 Å². The molecule has 5 nitrogen and oxygen atoms in total. The molecule has 25 heavy (non-hydrogen) atoms. The number of hydrogen-bond acceptors (Lipinski definition) is 5. The fourth-order valence-electron chi connectivity index (χ4n) is 3.62. The number of nitrogens with zero attached hydrogens (tertiary/aromatic N) is 1. The third-order valence-corrected chi connectivity index (χ3v) is 6.35. The van der Waals surface area contributed by atoms with Gasteiger partial charge in [0.2, 0.25) is 0 Å². The Labute approximate surface area is 152 Å². The van der Waals surface area contributed by atoms with E-state index in [1.54, 1.807) is 6.92 Å². The Morgan fingerprint density at radius 2 is 1.96 bits per heavy atom. The van der Waals surface area contributed by atoms with Gasteiger partial charge in [-0.1, -0.05) is 19.3 Å². The summed E-state index contributed by atoms with van der Waals surface area (Å²) in [5.74, 6) is -0.838. The lowest BCUT2D eigenvalue weighted by atomic mass is 9.83. The SMILES string of the molecule is C[C@H](OC(=O)c1cc2c(s1)CCCC2)C(=O)NC1(C#N)CCCCC1. The Morgan fingerprint density at radius 3 is 2.64 bits per heavy atom. The Morgan fingerprint density at radius 1 is 1.24 bits per heavy atom. The topological polar surface area (TPSA) is 79.2 Å². The highest BCUT2D eigenvalue weighted by molar-refractivity contribution is 7.14. The van der Waals surface area contributed by atoms with Crippen LogP contribution in [0.5, 0.6) is 0 Å². The van der Waals surface area contributed by atoms with E-state index in [0.717, 1.165) is 44.9 Å². The van der Waals surface area contributed by atoms with Crippen molar-refractivity contribution < 1.29 is 14.3 Å². The molecule has 2 aliphatic carbocycles. The average molecular weight is 360 g/mol. The molecule has 0 aliphatic heterocycles. The minimum absolute atomic E-state index is 0.391. The van der Waals surface area contributed by atoms with Crippen molar-refractivity contribution in [2.75, 3.05) is 0 Å². The maximum atomic E-state index is 12.4. The number of ether oxygens (including phenoxy) is 1. The predicted octanol–water partition coefficient (Wildman–Crippen LogP) is 3.51. The van der Waals surface area contributed by atoms with E-state index in [1.165, 1.54) is 21.8 Å². The summed E-state index contributed by atoms with van der Waals surface area (Å²) in [5.41, 5.74) is 0.434. The Hall–Kier alpha value is -1.87. The van der Waals surface area contributed by atoms with Crippen molar-refractivity contribution in [2.24, 2.45) is 0 Å². The largest absolute Gasteiger partial charge is 0.448 e. The minimum atomic E-state index is -0.904. The summed E-state index contributed by atoms with van der Waals surface area (Å²) in [6, 6.07) is 4.16. The van der Waals surface area contributed by atoms with Gasteiger partial charge in [0.25, 0.3) is 5.91 Å². The van der Waals surface area contributed by atoms with Gasteiger partial charge in [0.05, 0.1) is 6.07 Å². The number of aryl methyl sites for hydroxylation is 2. The van der Waals surface area contributed by atoms with E-state index in [0.29, 0.717) is 17.7 Å². The molecule has 0 saturated heterocycles. The van der Waals surface area contributed by atoms with E-state index in [1.807, 2.05) is 6.07 Å². The number of carbonyl (C=O) groups excluding carboxylic acids is 2. The monoisotopic (exact) mass is 360 g/mol. The van der Waals surface area contributed by atoms with Crippen LogP contribution in [0.15, 0.2) is 6.07 Å². The molecular weight excluding hydrogens is 336 g/mol. The number of esters is 1. The normalized spacial score (nSPS) is 20.0. The maximum absolute atomic E-state index is 12.4. The molecule has 1 amide bonds. The third kappa shape index (κ3) is 4.04. The number of nitrogens with one attached hydrogen (secondary N) is 1. The Bertz CT molecular complexity index is 675. The molecule has 1 heterocycles. The van der Waals surface area contributed by atoms with Gasteiger partial charge in [0.1, 0.15) is 10.4 Å². The van der Waals surface area contributed by atoms with E-state index in [-0.39, 0.29) is 0 Å². The first-order chi connectivity index (χ1) is 12.0. The first-order valence-electron chi connectivity index (χ1n) is 9.09. The summed E-state index contributed by atoms with van der Waals surface area (Å²) in [6.07, 6.45) is 7.73. The van der Waals surface area contributed by atoms with E-state index < -0.39 is 23.5 Å². The van der Waals surface area contributed by atoms with Gasteiger partial charge in [0.15, 0.2) is 6.10 Å². The number of thiophene rings is 1. The fourth-order valence-corrected chi connectivity index (χ4v) is 4.76. The zero-order chi connectivity index (χ0) is 17.9. The van der Waals surface area contributed by atoms with Gasteiger partial charge >= 0.3 is 5.97 Å². The summed E-state index contributed by atoms with van der Waals surface area (Å²) in [5, 5.41) is 12.3. The Kier molecular flexibility index (Phi) is 5.43. The van der Waals surface area contributed by atoms with Crippen LogP contribution in [0.3, 0.4) is 0 Å². The summed E-state index contributed by atoms with van der Waals surface area (Å²) >= 11 is 1.48. The third-order valence-electron chi connectivity index (χ3n) is 5.13. The molecule has 0 radical (unpaired) electrons. The quantitative estimate of drug-likeness (QED) is 0.833. The lowest BCUT2D eigenvalue weighted by Crippen LogP contribution is -2.52.